The van der Waals surface area contributed by atoms with E-state index in [2.05, 4.69) is 0 Å². The predicted molar refractivity (Wildman–Crippen MR) is 68.3 cm³/mol. The normalized spacial score (nSPS) is 10.3. The van der Waals surface area contributed by atoms with E-state index in [1.54, 1.807) is 13.8 Å². The van der Waals surface area contributed by atoms with Crippen LogP contribution in [0.5, 0.6) is 23.0 Å². The Morgan fingerprint density at radius 1 is 1.21 bits per heavy atom. The lowest BCUT2D eigenvalue weighted by Crippen LogP contribution is -2.10. The summed E-state index contributed by atoms with van der Waals surface area (Å²) in [6.45, 7) is 3.76. The first kappa shape index (κ1) is 15.1. The fourth-order valence-corrected chi connectivity index (χ4v) is 1.63. The van der Waals surface area contributed by atoms with E-state index >= 15 is 0 Å². The number of ketones is 1. The van der Waals surface area contributed by atoms with Crippen LogP contribution < -0.4 is 9.47 Å². The fraction of sp³-hybridized carbons (Fsp3) is 0.462. The standard InChI is InChI=1S/C13H18O6/c1-4-18-10-6-8(14)11(9(15)7-17-3)13(12(10)16)19-5-2/h6,14,16H,4-5,7H2,1-3H3. The molecule has 1 aromatic rings. The number of ether oxygens (including phenoxy) is 3. The molecule has 1 aromatic carbocycles. The fourth-order valence-electron chi connectivity index (χ4n) is 1.63. The summed E-state index contributed by atoms with van der Waals surface area (Å²) < 4.78 is 15.1. The van der Waals surface area contributed by atoms with Gasteiger partial charge in [0.05, 0.1) is 13.2 Å². The van der Waals surface area contributed by atoms with Crippen LogP contribution in [0.2, 0.25) is 0 Å². The number of carbonyl (C=O) groups excluding carboxylic acids is 1. The van der Waals surface area contributed by atoms with Gasteiger partial charge in [0.1, 0.15) is 17.9 Å². The average Bonchev–Trinajstić information content (AvgIpc) is 2.36. The van der Waals surface area contributed by atoms with E-state index in [4.69, 9.17) is 14.2 Å². The van der Waals surface area contributed by atoms with E-state index in [0.717, 1.165) is 0 Å². The van der Waals surface area contributed by atoms with Gasteiger partial charge in [-0.15, -0.1) is 0 Å². The summed E-state index contributed by atoms with van der Waals surface area (Å²) in [7, 11) is 1.36. The number of hydrogen-bond acceptors (Lipinski definition) is 6. The minimum absolute atomic E-state index is 0.0671. The molecular weight excluding hydrogens is 252 g/mol. The summed E-state index contributed by atoms with van der Waals surface area (Å²) in [6.07, 6.45) is 0. The second kappa shape index (κ2) is 6.84. The highest BCUT2D eigenvalue weighted by molar-refractivity contribution is 6.03. The molecule has 0 atom stereocenters. The molecule has 106 valence electrons. The maximum Gasteiger partial charge on any atom is 0.201 e. The zero-order valence-corrected chi connectivity index (χ0v) is 11.2. The first-order valence-corrected chi connectivity index (χ1v) is 5.93. The molecule has 0 aromatic heterocycles. The van der Waals surface area contributed by atoms with E-state index in [1.165, 1.54) is 13.2 Å². The van der Waals surface area contributed by atoms with Gasteiger partial charge < -0.3 is 24.4 Å². The van der Waals surface area contributed by atoms with Crippen molar-refractivity contribution in [2.45, 2.75) is 13.8 Å². The van der Waals surface area contributed by atoms with E-state index in [1.807, 2.05) is 0 Å². The molecule has 1 rings (SSSR count). The maximum absolute atomic E-state index is 11.9. The number of rotatable bonds is 7. The Labute approximate surface area is 111 Å². The molecule has 0 radical (unpaired) electrons. The molecule has 0 unspecified atom stereocenters. The summed E-state index contributed by atoms with van der Waals surface area (Å²) in [5.74, 6) is -1.13. The quantitative estimate of drug-likeness (QED) is 0.579. The number of aromatic hydroxyl groups is 2. The van der Waals surface area contributed by atoms with Crippen molar-refractivity contribution in [3.8, 4) is 23.0 Å². The summed E-state index contributed by atoms with van der Waals surface area (Å²) in [5.41, 5.74) is -0.107. The van der Waals surface area contributed by atoms with Gasteiger partial charge in [-0.25, -0.2) is 0 Å². The second-order valence-corrected chi connectivity index (χ2v) is 3.67. The van der Waals surface area contributed by atoms with Crippen molar-refractivity contribution < 1.29 is 29.2 Å². The largest absolute Gasteiger partial charge is 0.507 e. The Bertz CT molecular complexity index is 455. The van der Waals surface area contributed by atoms with Crippen LogP contribution in [0.3, 0.4) is 0 Å². The lowest BCUT2D eigenvalue weighted by atomic mass is 10.1. The van der Waals surface area contributed by atoms with Gasteiger partial charge in [-0.3, -0.25) is 4.79 Å². The molecule has 0 bridgehead atoms. The van der Waals surface area contributed by atoms with E-state index in [9.17, 15) is 15.0 Å². The molecule has 6 nitrogen and oxygen atoms in total. The molecule has 19 heavy (non-hydrogen) atoms. The topological polar surface area (TPSA) is 85.2 Å². The van der Waals surface area contributed by atoms with Crippen LogP contribution in [0.4, 0.5) is 0 Å². The van der Waals surface area contributed by atoms with Crippen molar-refractivity contribution in [3.05, 3.63) is 11.6 Å². The van der Waals surface area contributed by atoms with Crippen molar-refractivity contribution in [1.29, 1.82) is 0 Å². The van der Waals surface area contributed by atoms with Gasteiger partial charge in [-0.05, 0) is 13.8 Å². The first-order chi connectivity index (χ1) is 9.06. The smallest absolute Gasteiger partial charge is 0.201 e. The third-order valence-electron chi connectivity index (χ3n) is 2.34. The molecular formula is C13H18O6. The third kappa shape index (κ3) is 3.29. The lowest BCUT2D eigenvalue weighted by molar-refractivity contribution is 0.0840. The molecule has 0 saturated carbocycles. The number of methoxy groups -OCH3 is 1. The molecule has 6 heteroatoms. The Morgan fingerprint density at radius 3 is 2.37 bits per heavy atom. The minimum atomic E-state index is -0.484. The van der Waals surface area contributed by atoms with Gasteiger partial charge >= 0.3 is 0 Å². The number of carbonyl (C=O) groups is 1. The predicted octanol–water partition coefficient (Wildman–Crippen LogP) is 1.72. The highest BCUT2D eigenvalue weighted by Gasteiger charge is 2.24. The number of phenolic OH excluding ortho intramolecular Hbond substituents is 2. The van der Waals surface area contributed by atoms with Crippen molar-refractivity contribution in [2.75, 3.05) is 26.9 Å². The molecule has 0 heterocycles. The Kier molecular flexibility index (Phi) is 5.44. The SMILES string of the molecule is CCOc1cc(O)c(C(=O)COC)c(OCC)c1O. The summed E-state index contributed by atoms with van der Waals surface area (Å²) in [5, 5.41) is 19.9. The van der Waals surface area contributed by atoms with Crippen LogP contribution in [0.1, 0.15) is 24.2 Å². The van der Waals surface area contributed by atoms with Crippen molar-refractivity contribution in [3.63, 3.8) is 0 Å². The molecule has 0 fully saturated rings. The van der Waals surface area contributed by atoms with Crippen molar-refractivity contribution in [2.24, 2.45) is 0 Å². The summed E-state index contributed by atoms with van der Waals surface area (Å²) in [6, 6.07) is 1.18. The first-order valence-electron chi connectivity index (χ1n) is 5.93. The molecule has 0 amide bonds. The van der Waals surface area contributed by atoms with Gasteiger partial charge in [0.25, 0.3) is 0 Å². The third-order valence-corrected chi connectivity index (χ3v) is 2.34. The highest BCUT2D eigenvalue weighted by Crippen LogP contribution is 2.44. The van der Waals surface area contributed by atoms with Gasteiger partial charge in [-0.1, -0.05) is 0 Å². The molecule has 0 aliphatic rings. The Hall–Kier alpha value is -1.95. The van der Waals surface area contributed by atoms with Crippen LogP contribution in [0, 0.1) is 0 Å². The Morgan fingerprint density at radius 2 is 1.84 bits per heavy atom. The van der Waals surface area contributed by atoms with E-state index in [0.29, 0.717) is 6.61 Å². The molecule has 2 N–H and O–H groups in total. The molecule has 0 saturated heterocycles. The molecule has 0 spiro atoms. The number of phenols is 2. The molecule has 0 aliphatic heterocycles. The highest BCUT2D eigenvalue weighted by atomic mass is 16.5. The van der Waals surface area contributed by atoms with Crippen LogP contribution in [-0.4, -0.2) is 42.9 Å². The van der Waals surface area contributed by atoms with Crippen LogP contribution >= 0.6 is 0 Å². The van der Waals surface area contributed by atoms with Crippen LogP contribution in [0.15, 0.2) is 6.07 Å². The van der Waals surface area contributed by atoms with Gasteiger partial charge in [0.15, 0.2) is 17.3 Å². The average molecular weight is 270 g/mol. The van der Waals surface area contributed by atoms with Crippen LogP contribution in [-0.2, 0) is 4.74 Å². The zero-order valence-electron chi connectivity index (χ0n) is 11.2. The van der Waals surface area contributed by atoms with Crippen molar-refractivity contribution in [1.82, 2.24) is 0 Å². The maximum atomic E-state index is 11.9. The van der Waals surface area contributed by atoms with Crippen LogP contribution in [0.25, 0.3) is 0 Å². The second-order valence-electron chi connectivity index (χ2n) is 3.67. The molecule has 0 aliphatic carbocycles. The minimum Gasteiger partial charge on any atom is -0.507 e. The van der Waals surface area contributed by atoms with E-state index < -0.39 is 5.78 Å². The number of benzene rings is 1. The summed E-state index contributed by atoms with van der Waals surface area (Å²) >= 11 is 0. The number of hydrogen-bond donors (Lipinski definition) is 2. The van der Waals surface area contributed by atoms with E-state index in [-0.39, 0.29) is 41.8 Å². The lowest BCUT2D eigenvalue weighted by Gasteiger charge is -2.15. The summed E-state index contributed by atoms with van der Waals surface area (Å²) in [4.78, 5) is 11.9. The van der Waals surface area contributed by atoms with Gasteiger partial charge in [0.2, 0.25) is 5.75 Å². The zero-order chi connectivity index (χ0) is 14.4. The van der Waals surface area contributed by atoms with Gasteiger partial charge in [0, 0.05) is 13.2 Å². The van der Waals surface area contributed by atoms with Crippen molar-refractivity contribution >= 4 is 5.78 Å². The number of Topliss-reactive ketones (excluding diaryl/α,β-unsaturated/α-hetero) is 1. The van der Waals surface area contributed by atoms with Gasteiger partial charge in [-0.2, -0.15) is 0 Å². The monoisotopic (exact) mass is 270 g/mol. The Balaban J connectivity index is 3.36.